The molecule has 0 heterocycles. The molecule has 176 valence electrons. The molecular formula is C21H36IN5O4. The molecule has 0 aliphatic carbocycles. The van der Waals surface area contributed by atoms with Gasteiger partial charge >= 0.3 is 6.09 Å². The Hall–Kier alpha value is -2.24. The molecule has 2 amide bonds. The maximum absolute atomic E-state index is 12.0. The van der Waals surface area contributed by atoms with Crippen molar-refractivity contribution in [2.75, 3.05) is 19.7 Å². The van der Waals surface area contributed by atoms with Crippen LogP contribution in [0.1, 0.15) is 47.1 Å². The summed E-state index contributed by atoms with van der Waals surface area (Å²) in [5.74, 6) is 0.641. The molecule has 0 aromatic heterocycles. The Morgan fingerprint density at radius 3 is 2.39 bits per heavy atom. The second-order valence-corrected chi connectivity index (χ2v) is 8.46. The number of hydrogen-bond acceptors (Lipinski definition) is 5. The first-order valence-electron chi connectivity index (χ1n) is 9.93. The number of hydrogen-bond donors (Lipinski definition) is 4. The van der Waals surface area contributed by atoms with Gasteiger partial charge in [0.15, 0.2) is 12.6 Å². The molecule has 0 aliphatic rings. The second kappa shape index (κ2) is 13.2. The Balaban J connectivity index is 0.00000900. The van der Waals surface area contributed by atoms with E-state index in [1.807, 2.05) is 59.7 Å². The molecule has 31 heavy (non-hydrogen) atoms. The fourth-order valence-corrected chi connectivity index (χ4v) is 2.33. The summed E-state index contributed by atoms with van der Waals surface area (Å²) in [5, 5.41) is 9.26. The Morgan fingerprint density at radius 1 is 1.13 bits per heavy atom. The van der Waals surface area contributed by atoms with Crippen LogP contribution in [0.3, 0.4) is 0 Å². The Kier molecular flexibility index (Phi) is 12.3. The third-order valence-corrected chi connectivity index (χ3v) is 3.58. The number of primary amides is 1. The molecular weight excluding hydrogens is 513 g/mol. The minimum atomic E-state index is -0.556. The predicted octanol–water partition coefficient (Wildman–Crippen LogP) is 2.53. The van der Waals surface area contributed by atoms with Crippen molar-refractivity contribution in [3.63, 3.8) is 0 Å². The lowest BCUT2D eigenvalue weighted by Crippen LogP contribution is -2.54. The zero-order chi connectivity index (χ0) is 22.8. The number of nitrogens with zero attached hydrogens (tertiary/aromatic N) is 1. The molecule has 1 aromatic carbocycles. The normalized spacial score (nSPS) is 11.7. The largest absolute Gasteiger partial charge is 0.484 e. The van der Waals surface area contributed by atoms with Gasteiger partial charge in [-0.3, -0.25) is 4.79 Å². The van der Waals surface area contributed by atoms with Crippen molar-refractivity contribution in [3.8, 4) is 5.75 Å². The van der Waals surface area contributed by atoms with Crippen LogP contribution >= 0.6 is 24.0 Å². The van der Waals surface area contributed by atoms with Crippen LogP contribution in [-0.4, -0.2) is 48.8 Å². The summed E-state index contributed by atoms with van der Waals surface area (Å²) >= 11 is 0. The molecule has 9 nitrogen and oxygen atoms in total. The van der Waals surface area contributed by atoms with Gasteiger partial charge in [-0.05, 0) is 59.2 Å². The van der Waals surface area contributed by atoms with Gasteiger partial charge < -0.3 is 31.2 Å². The van der Waals surface area contributed by atoms with E-state index >= 15 is 0 Å². The fraction of sp³-hybridized carbons (Fsp3) is 0.571. The Morgan fingerprint density at radius 2 is 1.81 bits per heavy atom. The third-order valence-electron chi connectivity index (χ3n) is 3.58. The molecule has 0 atom stereocenters. The molecule has 10 heteroatoms. The van der Waals surface area contributed by atoms with E-state index < -0.39 is 23.1 Å². The van der Waals surface area contributed by atoms with Crippen LogP contribution in [0.4, 0.5) is 4.79 Å². The number of amides is 2. The van der Waals surface area contributed by atoms with Crippen molar-refractivity contribution < 1.29 is 19.1 Å². The Bertz CT molecular complexity index is 748. The molecule has 0 aliphatic heterocycles. The summed E-state index contributed by atoms with van der Waals surface area (Å²) in [6.45, 7) is 12.6. The zero-order valence-corrected chi connectivity index (χ0v) is 21.5. The molecule has 1 rings (SSSR count). The van der Waals surface area contributed by atoms with Crippen molar-refractivity contribution in [2.24, 2.45) is 10.7 Å². The van der Waals surface area contributed by atoms with Gasteiger partial charge in [0.05, 0.1) is 12.1 Å². The molecule has 1 aromatic rings. The minimum absolute atomic E-state index is 0. The number of halogens is 1. The first-order valence-corrected chi connectivity index (χ1v) is 9.93. The van der Waals surface area contributed by atoms with Gasteiger partial charge in [-0.25, -0.2) is 9.79 Å². The van der Waals surface area contributed by atoms with Crippen molar-refractivity contribution in [1.82, 2.24) is 16.0 Å². The highest BCUT2D eigenvalue weighted by molar-refractivity contribution is 14.0. The standard InChI is InChI=1S/C21H35N5O4.HI/c1-7-23-18(25-14-21(5,6)26-19(28)30-20(2,3)4)24-12-15-9-8-10-16(11-15)29-13-17(22)27;/h8-11H,7,12-14H2,1-6H3,(H2,22,27)(H,26,28)(H2,23,24,25);1H. The smallest absolute Gasteiger partial charge is 0.408 e. The van der Waals surface area contributed by atoms with Crippen molar-refractivity contribution in [2.45, 2.75) is 59.2 Å². The molecule has 0 spiro atoms. The van der Waals surface area contributed by atoms with Crippen LogP contribution in [0.25, 0.3) is 0 Å². The summed E-state index contributed by atoms with van der Waals surface area (Å²) in [4.78, 5) is 27.5. The second-order valence-electron chi connectivity index (χ2n) is 8.46. The SMILES string of the molecule is CCNC(=NCc1cccc(OCC(N)=O)c1)NCC(C)(C)NC(=O)OC(C)(C)C.I. The van der Waals surface area contributed by atoms with E-state index in [0.29, 0.717) is 31.3 Å². The third kappa shape index (κ3) is 13.6. The lowest BCUT2D eigenvalue weighted by molar-refractivity contribution is -0.119. The van der Waals surface area contributed by atoms with E-state index in [4.69, 9.17) is 15.2 Å². The highest BCUT2D eigenvalue weighted by atomic mass is 127. The molecule has 0 unspecified atom stereocenters. The van der Waals surface area contributed by atoms with Gasteiger partial charge in [0.1, 0.15) is 11.4 Å². The van der Waals surface area contributed by atoms with Crippen LogP contribution in [0.2, 0.25) is 0 Å². The number of rotatable bonds is 9. The molecule has 0 saturated carbocycles. The number of guanidine groups is 1. The van der Waals surface area contributed by atoms with Crippen molar-refractivity contribution in [1.29, 1.82) is 0 Å². The summed E-state index contributed by atoms with van der Waals surface area (Å²) in [7, 11) is 0. The van der Waals surface area contributed by atoms with E-state index in [-0.39, 0.29) is 30.6 Å². The van der Waals surface area contributed by atoms with Crippen LogP contribution in [-0.2, 0) is 16.1 Å². The van der Waals surface area contributed by atoms with Gasteiger partial charge in [-0.15, -0.1) is 24.0 Å². The summed E-state index contributed by atoms with van der Waals surface area (Å²) in [6.07, 6.45) is -0.469. The lowest BCUT2D eigenvalue weighted by atomic mass is 10.1. The van der Waals surface area contributed by atoms with Gasteiger partial charge in [0.25, 0.3) is 5.91 Å². The predicted molar refractivity (Wildman–Crippen MR) is 133 cm³/mol. The van der Waals surface area contributed by atoms with Crippen molar-refractivity contribution in [3.05, 3.63) is 29.8 Å². The number of nitrogens with two attached hydrogens (primary N) is 1. The highest BCUT2D eigenvalue weighted by Crippen LogP contribution is 2.14. The zero-order valence-electron chi connectivity index (χ0n) is 19.2. The quantitative estimate of drug-likeness (QED) is 0.213. The number of benzene rings is 1. The van der Waals surface area contributed by atoms with E-state index in [2.05, 4.69) is 20.9 Å². The van der Waals surface area contributed by atoms with E-state index in [1.165, 1.54) is 0 Å². The van der Waals surface area contributed by atoms with Crippen LogP contribution < -0.4 is 26.4 Å². The minimum Gasteiger partial charge on any atom is -0.484 e. The number of carbonyl (C=O) groups is 2. The number of aliphatic imine (C=N–C) groups is 1. The number of ether oxygens (including phenoxy) is 2. The van der Waals surface area contributed by atoms with Gasteiger partial charge in [-0.1, -0.05) is 12.1 Å². The van der Waals surface area contributed by atoms with E-state index in [9.17, 15) is 9.59 Å². The maximum Gasteiger partial charge on any atom is 0.408 e. The monoisotopic (exact) mass is 549 g/mol. The first kappa shape index (κ1) is 28.8. The molecule has 0 bridgehead atoms. The fourth-order valence-electron chi connectivity index (χ4n) is 2.33. The first-order chi connectivity index (χ1) is 13.9. The van der Waals surface area contributed by atoms with Gasteiger partial charge in [0, 0.05) is 13.1 Å². The molecule has 0 saturated heterocycles. The van der Waals surface area contributed by atoms with E-state index in [1.54, 1.807) is 6.07 Å². The average molecular weight is 549 g/mol. The van der Waals surface area contributed by atoms with Gasteiger partial charge in [0.2, 0.25) is 0 Å². The van der Waals surface area contributed by atoms with Gasteiger partial charge in [-0.2, -0.15) is 0 Å². The summed E-state index contributed by atoms with van der Waals surface area (Å²) < 4.78 is 10.6. The highest BCUT2D eigenvalue weighted by Gasteiger charge is 2.24. The molecule has 5 N–H and O–H groups in total. The number of nitrogens with one attached hydrogen (secondary N) is 3. The molecule has 0 fully saturated rings. The maximum atomic E-state index is 12.0. The Labute approximate surface area is 201 Å². The summed E-state index contributed by atoms with van der Waals surface area (Å²) in [6, 6.07) is 7.31. The van der Waals surface area contributed by atoms with E-state index in [0.717, 1.165) is 5.56 Å². The van der Waals surface area contributed by atoms with Crippen LogP contribution in [0.5, 0.6) is 5.75 Å². The van der Waals surface area contributed by atoms with Crippen LogP contribution in [0, 0.1) is 0 Å². The average Bonchev–Trinajstić information content (AvgIpc) is 2.60. The van der Waals surface area contributed by atoms with Crippen molar-refractivity contribution >= 4 is 41.9 Å². The lowest BCUT2D eigenvalue weighted by Gasteiger charge is -2.29. The molecule has 0 radical (unpaired) electrons. The number of carbonyl (C=O) groups excluding carboxylic acids is 2. The number of alkyl carbamates (subject to hydrolysis) is 1. The summed E-state index contributed by atoms with van der Waals surface area (Å²) in [5.41, 5.74) is 4.91. The van der Waals surface area contributed by atoms with Crippen LogP contribution in [0.15, 0.2) is 29.3 Å². The topological polar surface area (TPSA) is 127 Å².